The Morgan fingerprint density at radius 1 is 1.13 bits per heavy atom. The van der Waals surface area contributed by atoms with E-state index in [4.69, 9.17) is 9.72 Å². The lowest BCUT2D eigenvalue weighted by molar-refractivity contribution is -0.137. The highest BCUT2D eigenvalue weighted by Crippen LogP contribution is 2.51. The summed E-state index contributed by atoms with van der Waals surface area (Å²) in [6, 6.07) is 6.92. The molecule has 2 aromatic heterocycles. The summed E-state index contributed by atoms with van der Waals surface area (Å²) in [5.41, 5.74) is 4.54. The van der Waals surface area contributed by atoms with Gasteiger partial charge in [-0.25, -0.2) is 4.98 Å². The van der Waals surface area contributed by atoms with Crippen molar-refractivity contribution in [1.82, 2.24) is 14.5 Å². The van der Waals surface area contributed by atoms with Crippen molar-refractivity contribution in [2.24, 2.45) is 24.8 Å². The van der Waals surface area contributed by atoms with E-state index in [-0.39, 0.29) is 11.8 Å². The molecule has 1 N–H and O–H groups in total. The lowest BCUT2D eigenvalue weighted by atomic mass is 9.79. The number of hydrogen-bond donors (Lipinski definition) is 1. The largest absolute Gasteiger partial charge is 0.495 e. The van der Waals surface area contributed by atoms with Gasteiger partial charge < -0.3 is 19.5 Å². The Morgan fingerprint density at radius 2 is 1.85 bits per heavy atom. The molecule has 1 aromatic carbocycles. The van der Waals surface area contributed by atoms with Crippen LogP contribution in [0.25, 0.3) is 11.0 Å². The first-order valence-corrected chi connectivity index (χ1v) is 14.0. The summed E-state index contributed by atoms with van der Waals surface area (Å²) in [5, 5.41) is 13.5. The van der Waals surface area contributed by atoms with Crippen LogP contribution in [0.2, 0.25) is 0 Å². The van der Waals surface area contributed by atoms with Crippen molar-refractivity contribution in [3.63, 3.8) is 0 Å². The molecule has 3 heterocycles. The number of piperidine rings is 1. The number of nitrogens with one attached hydrogen (secondary N) is 1. The molecule has 3 aliphatic rings. The highest BCUT2D eigenvalue weighted by Gasteiger charge is 2.46. The molecule has 8 heteroatoms. The van der Waals surface area contributed by atoms with Gasteiger partial charge in [0.1, 0.15) is 17.5 Å². The SMILES string of the molecule is COc1ccc(C(=O)Nc2cnc3c(c(C4C5CCC4CN(C(=O)C4CCCC4)C5)cn3C)c2C)cc1C#N. The van der Waals surface area contributed by atoms with Crippen LogP contribution in [0.1, 0.15) is 71.5 Å². The fraction of sp³-hybridized carbons (Fsp3) is 0.484. The van der Waals surface area contributed by atoms with E-state index in [0.29, 0.717) is 46.2 Å². The number of ether oxygens (including phenoxy) is 1. The van der Waals surface area contributed by atoms with Crippen LogP contribution in [0.5, 0.6) is 5.75 Å². The average Bonchev–Trinajstić information content (AvgIpc) is 3.66. The van der Waals surface area contributed by atoms with Gasteiger partial charge in [0.15, 0.2) is 0 Å². The zero-order valence-electron chi connectivity index (χ0n) is 22.9. The molecule has 2 unspecified atom stereocenters. The molecule has 2 saturated carbocycles. The van der Waals surface area contributed by atoms with E-state index in [1.807, 2.05) is 14.0 Å². The highest BCUT2D eigenvalue weighted by atomic mass is 16.5. The topological polar surface area (TPSA) is 100 Å². The second-order valence-electron chi connectivity index (χ2n) is 11.5. The van der Waals surface area contributed by atoms with Gasteiger partial charge in [0, 0.05) is 43.2 Å². The highest BCUT2D eigenvalue weighted by molar-refractivity contribution is 6.06. The molecular weight excluding hydrogens is 490 g/mol. The molecule has 0 radical (unpaired) electrons. The molecule has 2 amide bonds. The van der Waals surface area contributed by atoms with Gasteiger partial charge in [-0.05, 0) is 79.7 Å². The van der Waals surface area contributed by atoms with Crippen LogP contribution in [0.4, 0.5) is 5.69 Å². The van der Waals surface area contributed by atoms with E-state index in [1.54, 1.807) is 24.4 Å². The Hall–Kier alpha value is -3.86. The minimum absolute atomic E-state index is 0.228. The van der Waals surface area contributed by atoms with Crippen LogP contribution in [0.3, 0.4) is 0 Å². The quantitative estimate of drug-likeness (QED) is 0.496. The normalized spacial score (nSPS) is 22.7. The molecule has 3 fully saturated rings. The van der Waals surface area contributed by atoms with E-state index in [1.165, 1.54) is 25.5 Å². The summed E-state index contributed by atoms with van der Waals surface area (Å²) in [6.07, 6.45) is 10.7. The first kappa shape index (κ1) is 25.4. The van der Waals surface area contributed by atoms with E-state index >= 15 is 0 Å². The number of methoxy groups -OCH3 is 1. The molecule has 2 bridgehead atoms. The van der Waals surface area contributed by atoms with Crippen LogP contribution < -0.4 is 10.1 Å². The van der Waals surface area contributed by atoms with Crippen molar-refractivity contribution < 1.29 is 14.3 Å². The molecule has 0 spiro atoms. The first-order chi connectivity index (χ1) is 18.9. The summed E-state index contributed by atoms with van der Waals surface area (Å²) >= 11 is 0. The minimum atomic E-state index is -0.297. The van der Waals surface area contributed by atoms with Crippen molar-refractivity contribution in [3.8, 4) is 11.8 Å². The molecule has 8 nitrogen and oxygen atoms in total. The van der Waals surface area contributed by atoms with Crippen molar-refractivity contribution in [3.05, 3.63) is 52.8 Å². The number of carbonyl (C=O) groups is 2. The first-order valence-electron chi connectivity index (χ1n) is 14.0. The second kappa shape index (κ2) is 10.0. The Kier molecular flexibility index (Phi) is 6.54. The van der Waals surface area contributed by atoms with Crippen molar-refractivity contribution in [2.45, 2.75) is 51.4 Å². The van der Waals surface area contributed by atoms with Gasteiger partial charge >= 0.3 is 0 Å². The fourth-order valence-corrected chi connectivity index (χ4v) is 7.39. The van der Waals surface area contributed by atoms with E-state index in [2.05, 4.69) is 27.0 Å². The number of aryl methyl sites for hydroxylation is 2. The monoisotopic (exact) mass is 525 g/mol. The molecule has 2 aliphatic carbocycles. The Bertz CT molecular complexity index is 1480. The van der Waals surface area contributed by atoms with Crippen molar-refractivity contribution in [2.75, 3.05) is 25.5 Å². The van der Waals surface area contributed by atoms with Crippen LogP contribution in [0, 0.1) is 36.0 Å². The summed E-state index contributed by atoms with van der Waals surface area (Å²) in [6.45, 7) is 3.72. The molecule has 2 atom stereocenters. The smallest absolute Gasteiger partial charge is 0.255 e. The number of anilines is 1. The lowest BCUT2D eigenvalue weighted by Crippen LogP contribution is -2.46. The molecule has 202 valence electrons. The van der Waals surface area contributed by atoms with Crippen LogP contribution in [0.15, 0.2) is 30.6 Å². The summed E-state index contributed by atoms with van der Waals surface area (Å²) in [4.78, 5) is 33.3. The maximum Gasteiger partial charge on any atom is 0.255 e. The molecule has 3 aromatic rings. The van der Waals surface area contributed by atoms with E-state index < -0.39 is 0 Å². The number of benzene rings is 1. The number of likely N-dealkylation sites (tertiary alicyclic amines) is 1. The average molecular weight is 526 g/mol. The zero-order chi connectivity index (χ0) is 27.3. The molecule has 1 saturated heterocycles. The number of aromatic nitrogens is 2. The van der Waals surface area contributed by atoms with Gasteiger partial charge in [-0.1, -0.05) is 12.8 Å². The van der Waals surface area contributed by atoms with E-state index in [9.17, 15) is 14.9 Å². The second-order valence-corrected chi connectivity index (χ2v) is 11.5. The van der Waals surface area contributed by atoms with Gasteiger partial charge in [-0.3, -0.25) is 9.59 Å². The van der Waals surface area contributed by atoms with Crippen molar-refractivity contribution in [1.29, 1.82) is 5.26 Å². The Morgan fingerprint density at radius 3 is 2.51 bits per heavy atom. The van der Waals surface area contributed by atoms with E-state index in [0.717, 1.165) is 55.4 Å². The number of nitrogens with zero attached hydrogens (tertiary/aromatic N) is 4. The Labute approximate surface area is 228 Å². The third-order valence-corrected chi connectivity index (χ3v) is 9.31. The summed E-state index contributed by atoms with van der Waals surface area (Å²) < 4.78 is 7.29. The number of amides is 2. The number of pyridine rings is 1. The third-order valence-electron chi connectivity index (χ3n) is 9.31. The predicted molar refractivity (Wildman–Crippen MR) is 149 cm³/mol. The summed E-state index contributed by atoms with van der Waals surface area (Å²) in [5.74, 6) is 2.02. The number of carbonyl (C=O) groups excluding carboxylic acids is 2. The van der Waals surface area contributed by atoms with Gasteiger partial charge in [-0.2, -0.15) is 5.26 Å². The zero-order valence-corrected chi connectivity index (χ0v) is 22.9. The van der Waals surface area contributed by atoms with Gasteiger partial charge in [0.25, 0.3) is 5.91 Å². The molecular formula is C31H35N5O3. The Balaban J connectivity index is 1.29. The third kappa shape index (κ3) is 4.34. The van der Waals surface area contributed by atoms with Crippen LogP contribution in [-0.2, 0) is 11.8 Å². The number of fused-ring (bicyclic) bond motifs is 3. The number of hydrogen-bond acceptors (Lipinski definition) is 5. The molecule has 39 heavy (non-hydrogen) atoms. The van der Waals surface area contributed by atoms with Crippen LogP contribution >= 0.6 is 0 Å². The predicted octanol–water partition coefficient (Wildman–Crippen LogP) is 5.16. The minimum Gasteiger partial charge on any atom is -0.495 e. The number of rotatable bonds is 5. The maximum absolute atomic E-state index is 13.2. The van der Waals surface area contributed by atoms with Gasteiger partial charge in [-0.15, -0.1) is 0 Å². The summed E-state index contributed by atoms with van der Waals surface area (Å²) in [7, 11) is 3.53. The standard InChI is InChI=1S/C31H35N5O3/c1-18-25(34-30(37)20-10-11-26(39-3)23(12-20)13-32)14-33-29-27(18)24(17-35(29)2)28-21-8-9-22(28)16-36(15-21)31(38)19-6-4-5-7-19/h10-12,14,17,19,21-22,28H,4-9,15-16H2,1-3H3,(H,34,37). The van der Waals surface area contributed by atoms with Gasteiger partial charge in [0.2, 0.25) is 5.91 Å². The molecule has 1 aliphatic heterocycles. The maximum atomic E-state index is 13.2. The van der Waals surface area contributed by atoms with Gasteiger partial charge in [0.05, 0.1) is 24.6 Å². The number of nitriles is 1. The lowest BCUT2D eigenvalue weighted by Gasteiger charge is -2.39. The fourth-order valence-electron chi connectivity index (χ4n) is 7.39. The van der Waals surface area contributed by atoms with Crippen LogP contribution in [-0.4, -0.2) is 46.5 Å². The van der Waals surface area contributed by atoms with Crippen molar-refractivity contribution >= 4 is 28.5 Å². The molecule has 6 rings (SSSR count).